The van der Waals surface area contributed by atoms with E-state index in [9.17, 15) is 14.0 Å². The van der Waals surface area contributed by atoms with Crippen molar-refractivity contribution in [2.24, 2.45) is 0 Å². The van der Waals surface area contributed by atoms with Gasteiger partial charge in [0.05, 0.1) is 11.3 Å². The molecule has 19 heavy (non-hydrogen) atoms. The monoisotopic (exact) mass is 329 g/mol. The van der Waals surface area contributed by atoms with Gasteiger partial charge in [-0.3, -0.25) is 9.59 Å². The van der Waals surface area contributed by atoms with E-state index in [0.29, 0.717) is 29.7 Å². The molecule has 0 radical (unpaired) electrons. The number of nitrogen functional groups attached to an aromatic ring is 1. The van der Waals surface area contributed by atoms with Crippen LogP contribution in [0.5, 0.6) is 0 Å². The van der Waals surface area contributed by atoms with Crippen LogP contribution in [-0.4, -0.2) is 36.3 Å². The van der Waals surface area contributed by atoms with Crippen molar-refractivity contribution < 1.29 is 14.0 Å². The lowest BCUT2D eigenvalue weighted by Gasteiger charge is -2.20. The Kier molecular flexibility index (Phi) is 4.04. The molecule has 2 rings (SSSR count). The first-order valence-electron chi connectivity index (χ1n) is 5.79. The number of hydrogen-bond donors (Lipinski definition) is 2. The van der Waals surface area contributed by atoms with Gasteiger partial charge < -0.3 is 16.0 Å². The van der Waals surface area contributed by atoms with Crippen LogP contribution in [0.3, 0.4) is 0 Å². The summed E-state index contributed by atoms with van der Waals surface area (Å²) in [5.41, 5.74) is 5.70. The standard InChI is InChI=1S/C12H13BrFN3O2/c13-8-6-9(14)10(15)5-7(8)12(19)17-3-1-11(18)16-2-4-17/h5-6H,1-4,15H2,(H,16,18). The van der Waals surface area contributed by atoms with Crippen LogP contribution in [0, 0.1) is 5.82 Å². The van der Waals surface area contributed by atoms with Gasteiger partial charge in [0.15, 0.2) is 0 Å². The summed E-state index contributed by atoms with van der Waals surface area (Å²) in [7, 11) is 0. The largest absolute Gasteiger partial charge is 0.396 e. The van der Waals surface area contributed by atoms with Gasteiger partial charge in [-0.1, -0.05) is 0 Å². The fourth-order valence-electron chi connectivity index (χ4n) is 1.87. The summed E-state index contributed by atoms with van der Waals surface area (Å²) in [6.45, 7) is 1.18. The smallest absolute Gasteiger partial charge is 0.255 e. The van der Waals surface area contributed by atoms with Crippen molar-refractivity contribution in [3.63, 3.8) is 0 Å². The lowest BCUT2D eigenvalue weighted by Crippen LogP contribution is -2.34. The van der Waals surface area contributed by atoms with E-state index in [-0.39, 0.29) is 23.9 Å². The molecule has 0 aromatic heterocycles. The van der Waals surface area contributed by atoms with E-state index < -0.39 is 5.82 Å². The highest BCUT2D eigenvalue weighted by Crippen LogP contribution is 2.24. The van der Waals surface area contributed by atoms with Crippen molar-refractivity contribution >= 4 is 33.4 Å². The van der Waals surface area contributed by atoms with E-state index in [4.69, 9.17) is 5.73 Å². The third-order valence-corrected chi connectivity index (χ3v) is 3.57. The number of halogens is 2. The van der Waals surface area contributed by atoms with Gasteiger partial charge in [0.1, 0.15) is 5.82 Å². The molecule has 1 aliphatic rings. The number of nitrogens with zero attached hydrogens (tertiary/aromatic N) is 1. The molecule has 1 aromatic carbocycles. The average Bonchev–Trinajstić information content (AvgIpc) is 2.58. The number of nitrogens with one attached hydrogen (secondary N) is 1. The molecule has 5 nitrogen and oxygen atoms in total. The maximum absolute atomic E-state index is 13.2. The molecule has 0 spiro atoms. The first kappa shape index (κ1) is 13.8. The quantitative estimate of drug-likeness (QED) is 0.758. The summed E-state index contributed by atoms with van der Waals surface area (Å²) in [4.78, 5) is 25.1. The van der Waals surface area contributed by atoms with Crippen molar-refractivity contribution in [3.8, 4) is 0 Å². The first-order chi connectivity index (χ1) is 8.99. The van der Waals surface area contributed by atoms with Crippen LogP contribution >= 0.6 is 15.9 Å². The fourth-order valence-corrected chi connectivity index (χ4v) is 2.36. The van der Waals surface area contributed by atoms with Gasteiger partial charge in [0, 0.05) is 30.5 Å². The van der Waals surface area contributed by atoms with Crippen LogP contribution in [0.4, 0.5) is 10.1 Å². The van der Waals surface area contributed by atoms with Gasteiger partial charge in [-0.25, -0.2) is 4.39 Å². The number of benzene rings is 1. The number of carbonyl (C=O) groups is 2. The molecule has 102 valence electrons. The van der Waals surface area contributed by atoms with Crippen LogP contribution in [0.2, 0.25) is 0 Å². The summed E-state index contributed by atoms with van der Waals surface area (Å²) in [6, 6.07) is 2.48. The van der Waals surface area contributed by atoms with Gasteiger partial charge >= 0.3 is 0 Å². The van der Waals surface area contributed by atoms with Crippen molar-refractivity contribution in [1.82, 2.24) is 10.2 Å². The van der Waals surface area contributed by atoms with Crippen molar-refractivity contribution in [1.29, 1.82) is 0 Å². The lowest BCUT2D eigenvalue weighted by atomic mass is 10.1. The molecular formula is C12H13BrFN3O2. The molecule has 3 N–H and O–H groups in total. The van der Waals surface area contributed by atoms with Gasteiger partial charge in [-0.05, 0) is 28.1 Å². The molecular weight excluding hydrogens is 317 g/mol. The van der Waals surface area contributed by atoms with E-state index in [2.05, 4.69) is 21.2 Å². The topological polar surface area (TPSA) is 75.4 Å². The zero-order chi connectivity index (χ0) is 14.0. The predicted octanol–water partition coefficient (Wildman–Crippen LogP) is 1.13. The second kappa shape index (κ2) is 5.56. The Morgan fingerprint density at radius 3 is 2.89 bits per heavy atom. The van der Waals surface area contributed by atoms with Crippen molar-refractivity contribution in [2.45, 2.75) is 6.42 Å². The molecule has 7 heteroatoms. The molecule has 0 atom stereocenters. The Bertz CT molecular complexity index is 536. The number of nitrogens with two attached hydrogens (primary N) is 1. The normalized spacial score (nSPS) is 15.9. The molecule has 1 fully saturated rings. The van der Waals surface area contributed by atoms with Crippen molar-refractivity contribution in [3.05, 3.63) is 28.0 Å². The molecule has 1 saturated heterocycles. The van der Waals surface area contributed by atoms with E-state index >= 15 is 0 Å². The van der Waals surface area contributed by atoms with Gasteiger partial charge in [0.2, 0.25) is 5.91 Å². The highest BCUT2D eigenvalue weighted by atomic mass is 79.9. The molecule has 1 aliphatic heterocycles. The van der Waals surface area contributed by atoms with Crippen LogP contribution in [-0.2, 0) is 4.79 Å². The number of anilines is 1. The number of hydrogen-bond acceptors (Lipinski definition) is 3. The summed E-state index contributed by atoms with van der Waals surface area (Å²) in [6.07, 6.45) is 0.264. The Morgan fingerprint density at radius 1 is 1.42 bits per heavy atom. The first-order valence-corrected chi connectivity index (χ1v) is 6.59. The Hall–Kier alpha value is -1.63. The van der Waals surface area contributed by atoms with Gasteiger partial charge in [-0.2, -0.15) is 0 Å². The van der Waals surface area contributed by atoms with Crippen LogP contribution in [0.1, 0.15) is 16.8 Å². The molecule has 2 amide bonds. The fraction of sp³-hybridized carbons (Fsp3) is 0.333. The average molecular weight is 330 g/mol. The number of rotatable bonds is 1. The maximum Gasteiger partial charge on any atom is 0.255 e. The third-order valence-electron chi connectivity index (χ3n) is 2.92. The molecule has 1 heterocycles. The SMILES string of the molecule is Nc1cc(C(=O)N2CCNC(=O)CC2)c(Br)cc1F. The second-order valence-corrected chi connectivity index (χ2v) is 5.10. The van der Waals surface area contributed by atoms with Gasteiger partial charge in [0.25, 0.3) is 5.91 Å². The maximum atomic E-state index is 13.2. The Morgan fingerprint density at radius 2 is 2.16 bits per heavy atom. The van der Waals surface area contributed by atoms with Crippen molar-refractivity contribution in [2.75, 3.05) is 25.4 Å². The summed E-state index contributed by atoms with van der Waals surface area (Å²) >= 11 is 3.15. The zero-order valence-corrected chi connectivity index (χ0v) is 11.7. The molecule has 0 bridgehead atoms. The third kappa shape index (κ3) is 3.04. The summed E-state index contributed by atoms with van der Waals surface area (Å²) in [5, 5.41) is 2.69. The summed E-state index contributed by atoms with van der Waals surface area (Å²) in [5.74, 6) is -0.917. The van der Waals surface area contributed by atoms with E-state index in [1.807, 2.05) is 0 Å². The number of carbonyl (C=O) groups excluding carboxylic acids is 2. The second-order valence-electron chi connectivity index (χ2n) is 4.25. The molecule has 0 unspecified atom stereocenters. The lowest BCUT2D eigenvalue weighted by molar-refractivity contribution is -0.120. The van der Waals surface area contributed by atoms with E-state index in [1.165, 1.54) is 12.1 Å². The predicted molar refractivity (Wildman–Crippen MR) is 72.0 cm³/mol. The van der Waals surface area contributed by atoms with Crippen LogP contribution in [0.15, 0.2) is 16.6 Å². The van der Waals surface area contributed by atoms with Crippen LogP contribution < -0.4 is 11.1 Å². The minimum atomic E-state index is -0.573. The Labute approximate surface area is 118 Å². The summed E-state index contributed by atoms with van der Waals surface area (Å²) < 4.78 is 13.6. The highest BCUT2D eigenvalue weighted by Gasteiger charge is 2.22. The number of amides is 2. The molecule has 0 aliphatic carbocycles. The molecule has 0 saturated carbocycles. The van der Waals surface area contributed by atoms with Gasteiger partial charge in [-0.15, -0.1) is 0 Å². The molecule has 1 aromatic rings. The van der Waals surface area contributed by atoms with E-state index in [1.54, 1.807) is 4.90 Å². The minimum absolute atomic E-state index is 0.0735. The van der Waals surface area contributed by atoms with E-state index in [0.717, 1.165) is 0 Å². The minimum Gasteiger partial charge on any atom is -0.396 e. The van der Waals surface area contributed by atoms with Crippen LogP contribution in [0.25, 0.3) is 0 Å². The Balaban J connectivity index is 2.24. The zero-order valence-electron chi connectivity index (χ0n) is 10.1. The highest BCUT2D eigenvalue weighted by molar-refractivity contribution is 9.10.